The molecule has 4 saturated carbocycles. The van der Waals surface area contributed by atoms with E-state index >= 15 is 0 Å². The van der Waals surface area contributed by atoms with Gasteiger partial charge < -0.3 is 4.74 Å². The Morgan fingerprint density at radius 3 is 2.43 bits per heavy atom. The molecule has 0 aromatic heterocycles. The smallest absolute Gasteiger partial charge is 0.329 e. The SMILES string of the molecule is CC(=O)[C@H]1CC[C@H]2[C@@H]3CC[C@H]4CCCC[C@]4(C)[C@H]3[C@@H](OC(=O)C(I)I)C[C@]12C. The molecule has 4 aliphatic carbocycles. The molecular formula is C23H34I2O3. The first-order chi connectivity index (χ1) is 13.2. The molecule has 0 radical (unpaired) electrons. The maximum absolute atomic E-state index is 12.7. The average Bonchev–Trinajstić information content (AvgIpc) is 2.97. The molecular weight excluding hydrogens is 578 g/mol. The van der Waals surface area contributed by atoms with Gasteiger partial charge in [0.25, 0.3) is 0 Å². The Morgan fingerprint density at radius 1 is 1.00 bits per heavy atom. The minimum atomic E-state index is -0.148. The van der Waals surface area contributed by atoms with Gasteiger partial charge in [-0.05, 0) is 80.5 Å². The summed E-state index contributed by atoms with van der Waals surface area (Å²) in [6.45, 7) is 6.63. The van der Waals surface area contributed by atoms with Crippen LogP contribution < -0.4 is 0 Å². The number of hydrogen-bond donors (Lipinski definition) is 0. The predicted octanol–water partition coefficient (Wildman–Crippen LogP) is 6.34. The molecule has 0 aromatic carbocycles. The van der Waals surface area contributed by atoms with Crippen LogP contribution in [0.5, 0.6) is 0 Å². The van der Waals surface area contributed by atoms with Crippen molar-refractivity contribution in [3.05, 3.63) is 0 Å². The molecule has 0 spiro atoms. The van der Waals surface area contributed by atoms with Gasteiger partial charge in [0.2, 0.25) is 0 Å². The number of rotatable bonds is 3. The molecule has 8 atom stereocenters. The van der Waals surface area contributed by atoms with Crippen LogP contribution in [0.1, 0.15) is 78.6 Å². The van der Waals surface area contributed by atoms with Gasteiger partial charge in [-0.25, -0.2) is 0 Å². The normalized spacial score (nSPS) is 47.8. The van der Waals surface area contributed by atoms with Crippen molar-refractivity contribution in [2.24, 2.45) is 40.4 Å². The zero-order valence-corrected chi connectivity index (χ0v) is 21.7. The summed E-state index contributed by atoms with van der Waals surface area (Å²) in [4.78, 5) is 25.1. The van der Waals surface area contributed by atoms with Gasteiger partial charge in [-0.15, -0.1) is 0 Å². The van der Waals surface area contributed by atoms with Crippen LogP contribution in [0.15, 0.2) is 0 Å². The van der Waals surface area contributed by atoms with E-state index in [0.29, 0.717) is 29.0 Å². The number of hydrogen-bond acceptors (Lipinski definition) is 3. The van der Waals surface area contributed by atoms with Crippen molar-refractivity contribution in [2.45, 2.75) is 86.6 Å². The van der Waals surface area contributed by atoms with Crippen LogP contribution in [0.25, 0.3) is 0 Å². The standard InChI is InChI=1S/C23H34I2O3/c1-13(26)16-9-10-17-15-8-7-14-6-4-5-11-22(14,2)19(15)18(12-23(16,17)3)28-21(27)20(24)25/h14-20H,4-12H2,1-3H3/t14-,15+,16-,17+,18+,19-,22+,23-/m1/s1. The van der Waals surface area contributed by atoms with Crippen LogP contribution in [0, 0.1) is 40.4 Å². The first kappa shape index (κ1) is 21.8. The van der Waals surface area contributed by atoms with E-state index in [2.05, 4.69) is 59.0 Å². The van der Waals surface area contributed by atoms with E-state index in [1.165, 1.54) is 44.9 Å². The largest absolute Gasteiger partial charge is 0.461 e. The third-order valence-electron chi connectivity index (χ3n) is 9.43. The van der Waals surface area contributed by atoms with Crippen LogP contribution in [0.2, 0.25) is 0 Å². The quantitative estimate of drug-likeness (QED) is 0.212. The second kappa shape index (κ2) is 7.94. The van der Waals surface area contributed by atoms with Crippen molar-refractivity contribution < 1.29 is 14.3 Å². The van der Waals surface area contributed by atoms with E-state index in [1.54, 1.807) is 6.92 Å². The molecule has 0 bridgehead atoms. The minimum Gasteiger partial charge on any atom is -0.461 e. The Balaban J connectivity index is 1.72. The second-order valence-corrected chi connectivity index (χ2v) is 15.4. The molecule has 4 fully saturated rings. The molecule has 158 valence electrons. The first-order valence-electron chi connectivity index (χ1n) is 11.2. The maximum Gasteiger partial charge on any atom is 0.329 e. The van der Waals surface area contributed by atoms with Gasteiger partial charge in [0.05, 0.1) is 0 Å². The van der Waals surface area contributed by atoms with E-state index in [-0.39, 0.29) is 25.3 Å². The Hall–Kier alpha value is 0.600. The average molecular weight is 612 g/mol. The molecule has 4 rings (SSSR count). The van der Waals surface area contributed by atoms with Crippen LogP contribution in [-0.2, 0) is 14.3 Å². The summed E-state index contributed by atoms with van der Waals surface area (Å²) >= 11 is 4.32. The summed E-state index contributed by atoms with van der Waals surface area (Å²) in [6.07, 6.45) is 11.0. The third-order valence-corrected chi connectivity index (χ3v) is 10.4. The molecule has 3 nitrogen and oxygen atoms in total. The number of ketones is 1. The van der Waals surface area contributed by atoms with Crippen LogP contribution >= 0.6 is 45.2 Å². The summed E-state index contributed by atoms with van der Waals surface area (Å²) in [5, 5.41) is 0. The van der Waals surface area contributed by atoms with E-state index in [4.69, 9.17) is 4.74 Å². The van der Waals surface area contributed by atoms with E-state index < -0.39 is 0 Å². The molecule has 4 aliphatic rings. The molecule has 0 unspecified atom stereocenters. The topological polar surface area (TPSA) is 43.4 Å². The van der Waals surface area contributed by atoms with Gasteiger partial charge in [0.15, 0.2) is 1.93 Å². The van der Waals surface area contributed by atoms with Gasteiger partial charge >= 0.3 is 5.97 Å². The maximum atomic E-state index is 12.7. The Bertz CT molecular complexity index is 650. The summed E-state index contributed by atoms with van der Waals surface area (Å²) in [6, 6.07) is 0. The second-order valence-electron chi connectivity index (χ2n) is 10.5. The number of carbonyl (C=O) groups excluding carboxylic acids is 2. The number of halogens is 2. The molecule has 0 saturated heterocycles. The zero-order chi connectivity index (χ0) is 20.3. The lowest BCUT2D eigenvalue weighted by atomic mass is 9.44. The molecule has 0 amide bonds. The Labute approximate surface area is 197 Å². The minimum absolute atomic E-state index is 0.00184. The molecule has 28 heavy (non-hydrogen) atoms. The highest BCUT2D eigenvalue weighted by Gasteiger charge is 2.64. The fourth-order valence-corrected chi connectivity index (χ4v) is 8.66. The lowest BCUT2D eigenvalue weighted by molar-refractivity contribution is -0.192. The molecule has 0 N–H and O–H groups in total. The van der Waals surface area contributed by atoms with Crippen molar-refractivity contribution in [3.63, 3.8) is 0 Å². The van der Waals surface area contributed by atoms with Crippen molar-refractivity contribution in [1.29, 1.82) is 0 Å². The van der Waals surface area contributed by atoms with Gasteiger partial charge in [0, 0.05) is 11.8 Å². The van der Waals surface area contributed by atoms with Gasteiger partial charge in [-0.2, -0.15) is 0 Å². The Morgan fingerprint density at radius 2 is 1.75 bits per heavy atom. The van der Waals surface area contributed by atoms with Crippen LogP contribution in [-0.4, -0.2) is 19.8 Å². The number of ether oxygens (including phenoxy) is 1. The molecule has 5 heteroatoms. The molecule has 0 aromatic rings. The molecule has 0 heterocycles. The number of alkyl halides is 2. The molecule has 0 aliphatic heterocycles. The highest BCUT2D eigenvalue weighted by atomic mass is 127. The van der Waals surface area contributed by atoms with Crippen molar-refractivity contribution in [2.75, 3.05) is 0 Å². The highest BCUT2D eigenvalue weighted by molar-refractivity contribution is 14.2. The highest BCUT2D eigenvalue weighted by Crippen LogP contribution is 2.68. The van der Waals surface area contributed by atoms with Crippen LogP contribution in [0.4, 0.5) is 0 Å². The predicted molar refractivity (Wildman–Crippen MR) is 128 cm³/mol. The lowest BCUT2D eigenvalue weighted by Gasteiger charge is -2.62. The monoisotopic (exact) mass is 612 g/mol. The zero-order valence-electron chi connectivity index (χ0n) is 17.4. The van der Waals surface area contributed by atoms with Gasteiger partial charge in [-0.1, -0.05) is 71.9 Å². The number of esters is 1. The van der Waals surface area contributed by atoms with Crippen LogP contribution in [0.3, 0.4) is 0 Å². The third kappa shape index (κ3) is 3.40. The summed E-state index contributed by atoms with van der Waals surface area (Å²) in [7, 11) is 0. The fourth-order valence-electron chi connectivity index (χ4n) is 8.36. The summed E-state index contributed by atoms with van der Waals surface area (Å²) < 4.78 is 6.12. The summed E-state index contributed by atoms with van der Waals surface area (Å²) in [5.74, 6) is 2.90. The number of fused-ring (bicyclic) bond motifs is 5. The van der Waals surface area contributed by atoms with E-state index in [9.17, 15) is 9.59 Å². The van der Waals surface area contributed by atoms with E-state index in [0.717, 1.165) is 18.8 Å². The lowest BCUT2D eigenvalue weighted by Crippen LogP contribution is -2.59. The van der Waals surface area contributed by atoms with Crippen molar-refractivity contribution in [1.82, 2.24) is 0 Å². The van der Waals surface area contributed by atoms with Gasteiger partial charge in [0.1, 0.15) is 11.9 Å². The fraction of sp³-hybridized carbons (Fsp3) is 0.913. The van der Waals surface area contributed by atoms with Crippen molar-refractivity contribution >= 4 is 56.9 Å². The Kier molecular flexibility index (Phi) is 6.19. The van der Waals surface area contributed by atoms with Crippen molar-refractivity contribution in [3.8, 4) is 0 Å². The summed E-state index contributed by atoms with van der Waals surface area (Å²) in [5.41, 5.74) is 0.301. The van der Waals surface area contributed by atoms with Gasteiger partial charge in [-0.3, -0.25) is 9.59 Å². The number of carbonyl (C=O) groups is 2. The first-order valence-corrected chi connectivity index (χ1v) is 13.7. The van der Waals surface area contributed by atoms with E-state index in [1.807, 2.05) is 0 Å². The number of Topliss-reactive ketones (excluding diaryl/α,β-unsaturated/α-hetero) is 1.